The van der Waals surface area contributed by atoms with E-state index in [-0.39, 0.29) is 11.6 Å². The van der Waals surface area contributed by atoms with Gasteiger partial charge in [-0.05, 0) is 42.7 Å². The Balaban J connectivity index is 1.76. The molecule has 0 fully saturated rings. The molecule has 0 saturated carbocycles. The number of aromatic nitrogens is 3. The van der Waals surface area contributed by atoms with E-state index in [1.54, 1.807) is 47.4 Å². The summed E-state index contributed by atoms with van der Waals surface area (Å²) in [7, 11) is 0. The van der Waals surface area contributed by atoms with Crippen molar-refractivity contribution >= 4 is 46.6 Å². The highest BCUT2D eigenvalue weighted by atomic mass is 35.5. The molecule has 0 aliphatic carbocycles. The van der Waals surface area contributed by atoms with Crippen LogP contribution in [0.2, 0.25) is 10.0 Å². The molecule has 1 N–H and O–H groups in total. The Morgan fingerprint density at radius 3 is 2.67 bits per heavy atom. The van der Waals surface area contributed by atoms with Crippen molar-refractivity contribution in [3.05, 3.63) is 64.5 Å². The lowest BCUT2D eigenvalue weighted by atomic mass is 10.3. The van der Waals surface area contributed by atoms with Crippen LogP contribution in [0.25, 0.3) is 5.69 Å². The van der Waals surface area contributed by atoms with Gasteiger partial charge in [0.05, 0.1) is 32.6 Å². The van der Waals surface area contributed by atoms with E-state index in [1.165, 1.54) is 11.8 Å². The summed E-state index contributed by atoms with van der Waals surface area (Å²) < 4.78 is 1.56. The number of carbonyl (C=O) groups excluding carboxylic acids is 1. The number of hydrogen-bond donors (Lipinski definition) is 1. The van der Waals surface area contributed by atoms with Gasteiger partial charge >= 0.3 is 0 Å². The third kappa shape index (κ3) is 3.72. The number of carbonyl (C=O) groups is 1. The molecule has 0 radical (unpaired) electrons. The Morgan fingerprint density at radius 1 is 1.17 bits per heavy atom. The zero-order valence-electron chi connectivity index (χ0n) is 12.5. The second-order valence-corrected chi connectivity index (χ2v) is 6.43. The predicted molar refractivity (Wildman–Crippen MR) is 97.6 cm³/mol. The van der Waals surface area contributed by atoms with E-state index in [9.17, 15) is 4.79 Å². The van der Waals surface area contributed by atoms with E-state index in [0.717, 1.165) is 10.7 Å². The minimum atomic E-state index is -0.312. The molecule has 0 unspecified atom stereocenters. The average molecular weight is 379 g/mol. The van der Waals surface area contributed by atoms with E-state index >= 15 is 0 Å². The van der Waals surface area contributed by atoms with Crippen molar-refractivity contribution in [2.75, 3.05) is 11.6 Å². The lowest BCUT2D eigenvalue weighted by Gasteiger charge is -2.04. The van der Waals surface area contributed by atoms with Gasteiger partial charge in [0, 0.05) is 6.20 Å². The summed E-state index contributed by atoms with van der Waals surface area (Å²) >= 11 is 13.4. The van der Waals surface area contributed by atoms with Crippen molar-refractivity contribution < 1.29 is 4.79 Å². The van der Waals surface area contributed by atoms with Crippen molar-refractivity contribution in [3.63, 3.8) is 0 Å². The molecule has 0 spiro atoms. The molecule has 0 aliphatic rings. The van der Waals surface area contributed by atoms with Crippen molar-refractivity contribution in [3.8, 4) is 5.69 Å². The fraction of sp³-hybridized carbons (Fsp3) is 0.0625. The number of nitrogens with zero attached hydrogens (tertiary/aromatic N) is 3. The lowest BCUT2D eigenvalue weighted by Crippen LogP contribution is -2.13. The second-order valence-electron chi connectivity index (χ2n) is 4.79. The van der Waals surface area contributed by atoms with Crippen LogP contribution in [0.15, 0.2) is 53.8 Å². The van der Waals surface area contributed by atoms with Gasteiger partial charge in [-0.1, -0.05) is 23.2 Å². The zero-order chi connectivity index (χ0) is 17.1. The predicted octanol–water partition coefficient (Wildman–Crippen LogP) is 4.55. The Bertz CT molecular complexity index is 880. The number of rotatable bonds is 4. The molecule has 0 bridgehead atoms. The standard InChI is InChI=1S/C16H12Cl2N4OS/c1-24-15-5-2-10(9-19-15)20-16(23)14-6-7-22(21-14)11-3-4-12(17)13(18)8-11/h2-9H,1H3,(H,20,23). The first-order valence-electron chi connectivity index (χ1n) is 6.89. The number of benzene rings is 1. The van der Waals surface area contributed by atoms with Gasteiger partial charge in [-0.15, -0.1) is 11.8 Å². The molecule has 0 atom stereocenters. The van der Waals surface area contributed by atoms with Crippen LogP contribution in [0.1, 0.15) is 10.5 Å². The van der Waals surface area contributed by atoms with Crippen LogP contribution >= 0.6 is 35.0 Å². The maximum atomic E-state index is 12.3. The van der Waals surface area contributed by atoms with Crippen LogP contribution in [0.4, 0.5) is 5.69 Å². The molecule has 8 heteroatoms. The van der Waals surface area contributed by atoms with Crippen LogP contribution in [-0.4, -0.2) is 26.9 Å². The van der Waals surface area contributed by atoms with Crippen LogP contribution in [0.3, 0.4) is 0 Å². The van der Waals surface area contributed by atoms with Gasteiger partial charge < -0.3 is 5.32 Å². The first-order chi connectivity index (χ1) is 11.6. The highest BCUT2D eigenvalue weighted by molar-refractivity contribution is 7.98. The van der Waals surface area contributed by atoms with Gasteiger partial charge in [-0.25, -0.2) is 9.67 Å². The molecule has 24 heavy (non-hydrogen) atoms. The topological polar surface area (TPSA) is 59.8 Å². The van der Waals surface area contributed by atoms with Crippen molar-refractivity contribution in [1.82, 2.24) is 14.8 Å². The second kappa shape index (κ2) is 7.25. The molecular formula is C16H12Cl2N4OS. The Morgan fingerprint density at radius 2 is 2.00 bits per heavy atom. The van der Waals surface area contributed by atoms with Crippen LogP contribution in [0, 0.1) is 0 Å². The maximum Gasteiger partial charge on any atom is 0.276 e. The minimum Gasteiger partial charge on any atom is -0.319 e. The molecule has 2 heterocycles. The van der Waals surface area contributed by atoms with E-state index in [4.69, 9.17) is 23.2 Å². The normalized spacial score (nSPS) is 10.6. The molecule has 5 nitrogen and oxygen atoms in total. The van der Waals surface area contributed by atoms with Crippen molar-refractivity contribution in [1.29, 1.82) is 0 Å². The van der Waals surface area contributed by atoms with E-state index in [2.05, 4.69) is 15.4 Å². The summed E-state index contributed by atoms with van der Waals surface area (Å²) in [6.45, 7) is 0. The summed E-state index contributed by atoms with van der Waals surface area (Å²) in [5.74, 6) is -0.312. The fourth-order valence-electron chi connectivity index (χ4n) is 1.99. The number of pyridine rings is 1. The third-order valence-electron chi connectivity index (χ3n) is 3.19. The quantitative estimate of drug-likeness (QED) is 0.676. The molecule has 122 valence electrons. The molecule has 0 saturated heterocycles. The van der Waals surface area contributed by atoms with Gasteiger partial charge in [0.15, 0.2) is 5.69 Å². The maximum absolute atomic E-state index is 12.3. The number of anilines is 1. The summed E-state index contributed by atoms with van der Waals surface area (Å²) in [5.41, 5.74) is 1.62. The zero-order valence-corrected chi connectivity index (χ0v) is 14.9. The summed E-state index contributed by atoms with van der Waals surface area (Å²) in [4.78, 5) is 16.5. The van der Waals surface area contributed by atoms with Gasteiger partial charge in [-0.3, -0.25) is 4.79 Å². The third-order valence-corrected chi connectivity index (χ3v) is 4.59. The average Bonchev–Trinajstić information content (AvgIpc) is 3.08. The number of halogens is 2. The SMILES string of the molecule is CSc1ccc(NC(=O)c2ccn(-c3ccc(Cl)c(Cl)c3)n2)cn1. The van der Waals surface area contributed by atoms with Gasteiger partial charge in [0.2, 0.25) is 0 Å². The molecule has 2 aromatic heterocycles. The molecule has 3 aromatic rings. The highest BCUT2D eigenvalue weighted by Gasteiger charge is 2.11. The Hall–Kier alpha value is -2.02. The number of nitrogens with one attached hydrogen (secondary N) is 1. The summed E-state index contributed by atoms with van der Waals surface area (Å²) in [6.07, 6.45) is 5.24. The van der Waals surface area contributed by atoms with Crippen LogP contribution in [0.5, 0.6) is 0 Å². The monoisotopic (exact) mass is 378 g/mol. The largest absolute Gasteiger partial charge is 0.319 e. The number of amides is 1. The Labute approximate surface area is 153 Å². The number of hydrogen-bond acceptors (Lipinski definition) is 4. The van der Waals surface area contributed by atoms with Crippen LogP contribution in [-0.2, 0) is 0 Å². The van der Waals surface area contributed by atoms with Gasteiger partial charge in [-0.2, -0.15) is 5.10 Å². The van der Waals surface area contributed by atoms with E-state index in [0.29, 0.717) is 15.7 Å². The molecule has 0 aliphatic heterocycles. The van der Waals surface area contributed by atoms with Gasteiger partial charge in [0.25, 0.3) is 5.91 Å². The molecule has 1 amide bonds. The smallest absolute Gasteiger partial charge is 0.276 e. The van der Waals surface area contributed by atoms with E-state index < -0.39 is 0 Å². The minimum absolute atomic E-state index is 0.287. The van der Waals surface area contributed by atoms with E-state index in [1.807, 2.05) is 12.3 Å². The summed E-state index contributed by atoms with van der Waals surface area (Å²) in [5, 5.41) is 8.80. The highest BCUT2D eigenvalue weighted by Crippen LogP contribution is 2.24. The lowest BCUT2D eigenvalue weighted by molar-refractivity contribution is 0.102. The first-order valence-corrected chi connectivity index (χ1v) is 8.87. The van der Waals surface area contributed by atoms with Gasteiger partial charge in [0.1, 0.15) is 0 Å². The Kier molecular flexibility index (Phi) is 5.08. The van der Waals surface area contributed by atoms with Crippen LogP contribution < -0.4 is 5.32 Å². The first kappa shape index (κ1) is 16.8. The van der Waals surface area contributed by atoms with Crippen molar-refractivity contribution in [2.45, 2.75) is 5.03 Å². The summed E-state index contributed by atoms with van der Waals surface area (Å²) in [6, 6.07) is 10.4. The van der Waals surface area contributed by atoms with Crippen molar-refractivity contribution in [2.24, 2.45) is 0 Å². The molecule has 3 rings (SSSR count). The fourth-order valence-corrected chi connectivity index (χ4v) is 2.64. The number of thioether (sulfide) groups is 1. The molecule has 1 aromatic carbocycles. The molecular weight excluding hydrogens is 367 g/mol.